The van der Waals surface area contributed by atoms with E-state index in [0.717, 1.165) is 12.8 Å². The van der Waals surface area contributed by atoms with Crippen molar-refractivity contribution in [2.75, 3.05) is 0 Å². The van der Waals surface area contributed by atoms with Crippen LogP contribution in [0.15, 0.2) is 60.2 Å². The van der Waals surface area contributed by atoms with Gasteiger partial charge in [0, 0.05) is 0 Å². The number of hydrogen-bond acceptors (Lipinski definition) is 0. The molecule has 0 nitrogen and oxygen atoms in total. The molecule has 0 amide bonds. The number of benzene rings is 1. The van der Waals surface area contributed by atoms with Gasteiger partial charge in [0.15, 0.2) is 0 Å². The fraction of sp³-hybridized carbons (Fsp3) is 0.250. The van der Waals surface area contributed by atoms with Gasteiger partial charge in [-0.05, 0) is 25.3 Å². The normalized spacial score (nSPS) is 12.8. The Morgan fingerprint density at radius 2 is 1.94 bits per heavy atom. The van der Waals surface area contributed by atoms with Crippen molar-refractivity contribution >= 4 is 6.08 Å². The highest BCUT2D eigenvalue weighted by Gasteiger charge is 1.85. The molecule has 1 aromatic carbocycles. The van der Waals surface area contributed by atoms with Gasteiger partial charge in [-0.15, -0.1) is 0 Å². The smallest absolute Gasteiger partial charge is 0.0160 e. The molecule has 84 valence electrons. The maximum absolute atomic E-state index is 2.28. The third-order valence-corrected chi connectivity index (χ3v) is 2.41. The summed E-state index contributed by atoms with van der Waals surface area (Å²) in [6, 6.07) is 10.4. The van der Waals surface area contributed by atoms with Crippen molar-refractivity contribution in [2.45, 2.75) is 26.7 Å². The van der Waals surface area contributed by atoms with E-state index in [1.54, 1.807) is 0 Å². The standard InChI is InChI=1S/C16H20/c1-3-10-15(4-2)11-8-9-14-16-12-6-5-7-13-16/h3,5-7,9-14H,4,8H2,1-2H3. The lowest BCUT2D eigenvalue weighted by Crippen LogP contribution is -1.74. The van der Waals surface area contributed by atoms with E-state index in [9.17, 15) is 0 Å². The molecule has 0 saturated heterocycles. The van der Waals surface area contributed by atoms with Gasteiger partial charge in [-0.1, -0.05) is 73.2 Å². The van der Waals surface area contributed by atoms with Gasteiger partial charge in [-0.2, -0.15) is 0 Å². The van der Waals surface area contributed by atoms with Gasteiger partial charge >= 0.3 is 0 Å². The molecule has 0 spiro atoms. The van der Waals surface area contributed by atoms with Gasteiger partial charge in [-0.3, -0.25) is 0 Å². The largest absolute Gasteiger partial charge is 0.0874 e. The predicted octanol–water partition coefficient (Wildman–Crippen LogP) is 5.00. The number of hydrogen-bond donors (Lipinski definition) is 0. The molecular formula is C16H20. The molecule has 0 heteroatoms. The minimum atomic E-state index is 1.00. The Balaban J connectivity index is 2.49. The zero-order valence-electron chi connectivity index (χ0n) is 10.2. The number of allylic oxidation sites excluding steroid dienone is 5. The monoisotopic (exact) mass is 212 g/mol. The molecule has 0 unspecified atom stereocenters. The average Bonchev–Trinajstić information content (AvgIpc) is 2.34. The molecular weight excluding hydrogens is 192 g/mol. The fourth-order valence-electron chi connectivity index (χ4n) is 1.53. The van der Waals surface area contributed by atoms with E-state index in [0.29, 0.717) is 0 Å². The summed E-state index contributed by atoms with van der Waals surface area (Å²) in [5, 5.41) is 0. The topological polar surface area (TPSA) is 0 Å². The predicted molar refractivity (Wildman–Crippen MR) is 73.3 cm³/mol. The van der Waals surface area contributed by atoms with Crippen molar-refractivity contribution in [3.63, 3.8) is 0 Å². The van der Waals surface area contributed by atoms with E-state index >= 15 is 0 Å². The van der Waals surface area contributed by atoms with Crippen molar-refractivity contribution in [3.8, 4) is 0 Å². The molecule has 0 aromatic heterocycles. The summed E-state index contributed by atoms with van der Waals surface area (Å²) in [7, 11) is 0. The van der Waals surface area contributed by atoms with Gasteiger partial charge in [0.2, 0.25) is 0 Å². The van der Waals surface area contributed by atoms with Gasteiger partial charge in [0.1, 0.15) is 0 Å². The van der Waals surface area contributed by atoms with Crippen molar-refractivity contribution in [1.82, 2.24) is 0 Å². The first-order valence-electron chi connectivity index (χ1n) is 5.90. The zero-order valence-corrected chi connectivity index (χ0v) is 10.2. The molecule has 16 heavy (non-hydrogen) atoms. The highest BCUT2D eigenvalue weighted by molar-refractivity contribution is 5.48. The quantitative estimate of drug-likeness (QED) is 0.602. The maximum atomic E-state index is 2.28. The molecule has 1 aromatic rings. The minimum absolute atomic E-state index is 1.00. The van der Waals surface area contributed by atoms with Crippen LogP contribution in [-0.4, -0.2) is 0 Å². The lowest BCUT2D eigenvalue weighted by Gasteiger charge is -1.95. The van der Waals surface area contributed by atoms with E-state index in [1.165, 1.54) is 11.1 Å². The van der Waals surface area contributed by atoms with Crippen LogP contribution in [-0.2, 0) is 0 Å². The second kappa shape index (κ2) is 7.70. The van der Waals surface area contributed by atoms with Crippen molar-refractivity contribution < 1.29 is 0 Å². The van der Waals surface area contributed by atoms with E-state index in [2.05, 4.69) is 68.5 Å². The molecule has 0 fully saturated rings. The Morgan fingerprint density at radius 3 is 2.56 bits per heavy atom. The molecule has 0 aliphatic heterocycles. The van der Waals surface area contributed by atoms with Crippen LogP contribution < -0.4 is 0 Å². The molecule has 0 radical (unpaired) electrons. The lowest BCUT2D eigenvalue weighted by atomic mass is 10.1. The SMILES string of the molecule is CC=CC(=CCC=Cc1ccccc1)CC. The number of rotatable bonds is 5. The molecule has 0 heterocycles. The van der Waals surface area contributed by atoms with Gasteiger partial charge in [-0.25, -0.2) is 0 Å². The van der Waals surface area contributed by atoms with Crippen LogP contribution in [0.2, 0.25) is 0 Å². The maximum Gasteiger partial charge on any atom is -0.0160 e. The van der Waals surface area contributed by atoms with E-state index < -0.39 is 0 Å². The summed E-state index contributed by atoms with van der Waals surface area (Å²) < 4.78 is 0. The molecule has 0 N–H and O–H groups in total. The van der Waals surface area contributed by atoms with E-state index in [4.69, 9.17) is 0 Å². The highest BCUT2D eigenvalue weighted by Crippen LogP contribution is 2.06. The van der Waals surface area contributed by atoms with Crippen molar-refractivity contribution in [3.05, 3.63) is 65.8 Å². The lowest BCUT2D eigenvalue weighted by molar-refractivity contribution is 1.12. The Labute approximate surface area is 99.0 Å². The summed E-state index contributed by atoms with van der Waals surface area (Å²) in [6.07, 6.45) is 13.0. The summed E-state index contributed by atoms with van der Waals surface area (Å²) >= 11 is 0. The first-order chi connectivity index (χ1) is 7.86. The summed E-state index contributed by atoms with van der Waals surface area (Å²) in [6.45, 7) is 4.25. The highest BCUT2D eigenvalue weighted by atomic mass is 13.9. The molecule has 0 aliphatic rings. The Hall–Kier alpha value is -1.56. The summed E-state index contributed by atoms with van der Waals surface area (Å²) in [5.41, 5.74) is 2.67. The van der Waals surface area contributed by atoms with Gasteiger partial charge in [0.25, 0.3) is 0 Å². The zero-order chi connectivity index (χ0) is 11.6. The fourth-order valence-corrected chi connectivity index (χ4v) is 1.53. The third-order valence-electron chi connectivity index (χ3n) is 2.41. The molecule has 0 atom stereocenters. The van der Waals surface area contributed by atoms with E-state index in [1.807, 2.05) is 6.07 Å². The molecule has 0 bridgehead atoms. The first-order valence-corrected chi connectivity index (χ1v) is 5.90. The Kier molecular flexibility index (Phi) is 6.02. The van der Waals surface area contributed by atoms with Crippen LogP contribution >= 0.6 is 0 Å². The second-order valence-corrected chi connectivity index (χ2v) is 3.68. The minimum Gasteiger partial charge on any atom is -0.0874 e. The second-order valence-electron chi connectivity index (χ2n) is 3.68. The van der Waals surface area contributed by atoms with Crippen LogP contribution in [0.3, 0.4) is 0 Å². The van der Waals surface area contributed by atoms with Crippen LogP contribution in [0.5, 0.6) is 0 Å². The van der Waals surface area contributed by atoms with Crippen LogP contribution in [0, 0.1) is 0 Å². The van der Waals surface area contributed by atoms with Crippen LogP contribution in [0.1, 0.15) is 32.3 Å². The Bertz CT molecular complexity index is 366. The molecule has 0 aliphatic carbocycles. The molecule has 1 rings (SSSR count). The third kappa shape index (κ3) is 4.79. The van der Waals surface area contributed by atoms with Crippen molar-refractivity contribution in [1.29, 1.82) is 0 Å². The van der Waals surface area contributed by atoms with Gasteiger partial charge in [0.05, 0.1) is 0 Å². The Morgan fingerprint density at radius 1 is 1.19 bits per heavy atom. The molecule has 0 saturated carbocycles. The average molecular weight is 212 g/mol. The van der Waals surface area contributed by atoms with Crippen LogP contribution in [0.25, 0.3) is 6.08 Å². The van der Waals surface area contributed by atoms with Crippen LogP contribution in [0.4, 0.5) is 0 Å². The summed E-state index contributed by atoms with van der Waals surface area (Å²) in [5.74, 6) is 0. The summed E-state index contributed by atoms with van der Waals surface area (Å²) in [4.78, 5) is 0. The first kappa shape index (κ1) is 12.5. The van der Waals surface area contributed by atoms with E-state index in [-0.39, 0.29) is 0 Å². The van der Waals surface area contributed by atoms with Crippen molar-refractivity contribution in [2.24, 2.45) is 0 Å². The van der Waals surface area contributed by atoms with Gasteiger partial charge < -0.3 is 0 Å².